The SMILES string of the molecule is COC(=O)COc1ccc(Br)cc1/C=C1\SC(=O)N(CCOc2cccc3ccccc23)C1=O. The van der Waals surface area contributed by atoms with Gasteiger partial charge in [-0.3, -0.25) is 14.5 Å². The van der Waals surface area contributed by atoms with Gasteiger partial charge in [0.2, 0.25) is 0 Å². The van der Waals surface area contributed by atoms with E-state index >= 15 is 0 Å². The number of halogens is 1. The van der Waals surface area contributed by atoms with E-state index in [1.165, 1.54) is 7.11 Å². The smallest absolute Gasteiger partial charge is 0.343 e. The van der Waals surface area contributed by atoms with Crippen LogP contribution >= 0.6 is 27.7 Å². The van der Waals surface area contributed by atoms with Crippen LogP contribution in [0.25, 0.3) is 16.8 Å². The van der Waals surface area contributed by atoms with Gasteiger partial charge in [-0.1, -0.05) is 52.3 Å². The third-order valence-electron chi connectivity index (χ3n) is 5.03. The zero-order valence-electron chi connectivity index (χ0n) is 18.2. The number of imide groups is 1. The number of carbonyl (C=O) groups excluding carboxylic acids is 3. The average Bonchev–Trinajstić information content (AvgIpc) is 3.10. The molecule has 0 radical (unpaired) electrons. The maximum atomic E-state index is 12.9. The van der Waals surface area contributed by atoms with Gasteiger partial charge in [-0.15, -0.1) is 0 Å². The Kier molecular flexibility index (Phi) is 7.54. The van der Waals surface area contributed by atoms with Crippen LogP contribution in [0.4, 0.5) is 4.79 Å². The molecule has 0 N–H and O–H groups in total. The summed E-state index contributed by atoms with van der Waals surface area (Å²) in [7, 11) is 1.27. The van der Waals surface area contributed by atoms with Crippen LogP contribution in [-0.4, -0.2) is 48.9 Å². The van der Waals surface area contributed by atoms with Crippen molar-refractivity contribution in [1.29, 1.82) is 0 Å². The van der Waals surface area contributed by atoms with Crippen molar-refractivity contribution in [3.05, 3.63) is 75.6 Å². The molecule has 2 amide bonds. The van der Waals surface area contributed by atoms with E-state index in [1.54, 1.807) is 24.3 Å². The summed E-state index contributed by atoms with van der Waals surface area (Å²) in [6.07, 6.45) is 1.58. The number of amides is 2. The molecule has 174 valence electrons. The Hall–Kier alpha value is -3.30. The minimum Gasteiger partial charge on any atom is -0.491 e. The first-order chi connectivity index (χ1) is 16.5. The molecule has 0 spiro atoms. The molecule has 1 saturated heterocycles. The van der Waals surface area contributed by atoms with Crippen molar-refractivity contribution in [2.75, 3.05) is 26.9 Å². The number of fused-ring (bicyclic) bond motifs is 1. The fourth-order valence-electron chi connectivity index (χ4n) is 3.36. The molecular formula is C25H20BrNO6S. The first kappa shape index (κ1) is 23.8. The molecule has 1 heterocycles. The van der Waals surface area contributed by atoms with Crippen LogP contribution in [0.2, 0.25) is 0 Å². The van der Waals surface area contributed by atoms with Gasteiger partial charge >= 0.3 is 5.97 Å². The lowest BCUT2D eigenvalue weighted by Crippen LogP contribution is -2.32. The Morgan fingerprint density at radius 3 is 2.65 bits per heavy atom. The van der Waals surface area contributed by atoms with Gasteiger partial charge in [0.05, 0.1) is 18.6 Å². The maximum absolute atomic E-state index is 12.9. The van der Waals surface area contributed by atoms with Crippen LogP contribution in [0.1, 0.15) is 5.56 Å². The number of benzene rings is 3. The minimum atomic E-state index is -0.527. The molecule has 0 atom stereocenters. The molecule has 4 rings (SSSR count). The molecule has 0 aromatic heterocycles. The summed E-state index contributed by atoms with van der Waals surface area (Å²) >= 11 is 4.24. The highest BCUT2D eigenvalue weighted by Gasteiger charge is 2.35. The lowest BCUT2D eigenvalue weighted by Gasteiger charge is -2.14. The molecule has 0 bridgehead atoms. The summed E-state index contributed by atoms with van der Waals surface area (Å²) in [5.41, 5.74) is 0.552. The standard InChI is InChI=1S/C25H20BrNO6S/c1-31-23(28)15-33-20-10-9-18(26)13-17(20)14-22-24(29)27(25(30)34-22)11-12-32-21-8-4-6-16-5-2-3-7-19(16)21/h2-10,13-14H,11-12,15H2,1H3/b22-14-. The monoisotopic (exact) mass is 541 g/mol. The second kappa shape index (κ2) is 10.8. The van der Waals surface area contributed by atoms with Crippen molar-refractivity contribution < 1.29 is 28.6 Å². The number of thioether (sulfide) groups is 1. The van der Waals surface area contributed by atoms with Crippen LogP contribution in [0.3, 0.4) is 0 Å². The van der Waals surface area contributed by atoms with Gasteiger partial charge in [0.25, 0.3) is 11.1 Å². The number of ether oxygens (including phenoxy) is 3. The summed E-state index contributed by atoms with van der Waals surface area (Å²) in [5, 5.41) is 1.64. The van der Waals surface area contributed by atoms with E-state index in [4.69, 9.17) is 9.47 Å². The van der Waals surface area contributed by atoms with Crippen molar-refractivity contribution in [2.24, 2.45) is 0 Å². The molecule has 0 saturated carbocycles. The normalized spacial score (nSPS) is 14.6. The number of hydrogen-bond acceptors (Lipinski definition) is 7. The van der Waals surface area contributed by atoms with E-state index < -0.39 is 11.9 Å². The highest BCUT2D eigenvalue weighted by molar-refractivity contribution is 9.10. The first-order valence-corrected chi connectivity index (χ1v) is 11.9. The summed E-state index contributed by atoms with van der Waals surface area (Å²) in [6, 6.07) is 18.8. The van der Waals surface area contributed by atoms with Gasteiger partial charge in [0.1, 0.15) is 18.1 Å². The van der Waals surface area contributed by atoms with Crippen molar-refractivity contribution in [3.63, 3.8) is 0 Å². The van der Waals surface area contributed by atoms with Gasteiger partial charge in [-0.05, 0) is 47.5 Å². The predicted octanol–water partition coefficient (Wildman–Crippen LogP) is 5.27. The molecule has 0 aliphatic carbocycles. The third-order valence-corrected chi connectivity index (χ3v) is 6.43. The Labute approximate surface area is 208 Å². The van der Waals surface area contributed by atoms with E-state index in [1.807, 2.05) is 42.5 Å². The third kappa shape index (κ3) is 5.43. The fraction of sp³-hybridized carbons (Fsp3) is 0.160. The quantitative estimate of drug-likeness (QED) is 0.283. The van der Waals surface area contributed by atoms with Crippen LogP contribution in [0.15, 0.2) is 70.0 Å². The molecule has 7 nitrogen and oxygen atoms in total. The predicted molar refractivity (Wildman–Crippen MR) is 134 cm³/mol. The van der Waals surface area contributed by atoms with E-state index in [-0.39, 0.29) is 29.9 Å². The van der Waals surface area contributed by atoms with Gasteiger partial charge in [-0.2, -0.15) is 0 Å². The molecular weight excluding hydrogens is 522 g/mol. The van der Waals surface area contributed by atoms with Crippen LogP contribution in [0.5, 0.6) is 11.5 Å². The van der Waals surface area contributed by atoms with Crippen LogP contribution < -0.4 is 9.47 Å². The van der Waals surface area contributed by atoms with E-state index in [9.17, 15) is 14.4 Å². The average molecular weight is 542 g/mol. The second-order valence-electron chi connectivity index (χ2n) is 7.21. The maximum Gasteiger partial charge on any atom is 0.343 e. The van der Waals surface area contributed by atoms with Crippen molar-refractivity contribution in [3.8, 4) is 11.5 Å². The number of nitrogens with zero attached hydrogens (tertiary/aromatic N) is 1. The lowest BCUT2D eigenvalue weighted by molar-refractivity contribution is -0.142. The molecule has 1 fully saturated rings. The molecule has 1 aliphatic rings. The highest BCUT2D eigenvalue weighted by atomic mass is 79.9. The summed E-state index contributed by atoms with van der Waals surface area (Å²) in [5.74, 6) is 0.151. The van der Waals surface area contributed by atoms with Crippen molar-refractivity contribution in [1.82, 2.24) is 4.90 Å². The zero-order chi connectivity index (χ0) is 24.1. The highest BCUT2D eigenvalue weighted by Crippen LogP contribution is 2.35. The van der Waals surface area contributed by atoms with E-state index in [0.29, 0.717) is 17.1 Å². The molecule has 3 aromatic rings. The van der Waals surface area contributed by atoms with Crippen LogP contribution in [0, 0.1) is 0 Å². The van der Waals surface area contributed by atoms with Gasteiger partial charge in [-0.25, -0.2) is 4.79 Å². The molecule has 1 aliphatic heterocycles. The van der Waals surface area contributed by atoms with Gasteiger partial charge in [0.15, 0.2) is 6.61 Å². The Morgan fingerprint density at radius 2 is 1.82 bits per heavy atom. The Bertz CT molecular complexity index is 1290. The number of esters is 1. The molecule has 0 unspecified atom stereocenters. The molecule has 3 aromatic carbocycles. The topological polar surface area (TPSA) is 82.1 Å². The molecule has 9 heteroatoms. The Morgan fingerprint density at radius 1 is 1.03 bits per heavy atom. The lowest BCUT2D eigenvalue weighted by atomic mass is 10.1. The van der Waals surface area contributed by atoms with Gasteiger partial charge < -0.3 is 14.2 Å². The zero-order valence-corrected chi connectivity index (χ0v) is 20.6. The largest absolute Gasteiger partial charge is 0.491 e. The number of rotatable bonds is 8. The fourth-order valence-corrected chi connectivity index (χ4v) is 4.60. The van der Waals surface area contributed by atoms with Crippen molar-refractivity contribution in [2.45, 2.75) is 0 Å². The van der Waals surface area contributed by atoms with E-state index in [0.717, 1.165) is 31.9 Å². The summed E-state index contributed by atoms with van der Waals surface area (Å²) in [6.45, 7) is 0.0189. The van der Waals surface area contributed by atoms with E-state index in [2.05, 4.69) is 20.7 Å². The number of carbonyl (C=O) groups is 3. The number of methoxy groups -OCH3 is 1. The summed E-state index contributed by atoms with van der Waals surface area (Å²) in [4.78, 5) is 38.3. The minimum absolute atomic E-state index is 0.120. The van der Waals surface area contributed by atoms with Gasteiger partial charge in [0, 0.05) is 15.4 Å². The molecule has 34 heavy (non-hydrogen) atoms. The van der Waals surface area contributed by atoms with Crippen molar-refractivity contribution >= 4 is 61.7 Å². The first-order valence-electron chi connectivity index (χ1n) is 10.3. The van der Waals surface area contributed by atoms with Crippen LogP contribution in [-0.2, 0) is 14.3 Å². The summed E-state index contributed by atoms with van der Waals surface area (Å²) < 4.78 is 16.8. The second-order valence-corrected chi connectivity index (χ2v) is 9.11. The Balaban J connectivity index is 1.45. The number of hydrogen-bond donors (Lipinski definition) is 0.